The van der Waals surface area contributed by atoms with Gasteiger partial charge in [0.15, 0.2) is 0 Å². The summed E-state index contributed by atoms with van der Waals surface area (Å²) in [5.74, 6) is 0.216. The molecule has 1 aliphatic carbocycles. The van der Waals surface area contributed by atoms with Crippen LogP contribution in [0.3, 0.4) is 0 Å². The van der Waals surface area contributed by atoms with E-state index in [-0.39, 0.29) is 18.3 Å². The normalized spacial score (nSPS) is 25.3. The fourth-order valence-electron chi connectivity index (χ4n) is 1.95. The zero-order valence-electron chi connectivity index (χ0n) is 9.16. The molecule has 0 bridgehead atoms. The first-order valence-electron chi connectivity index (χ1n) is 5.48. The summed E-state index contributed by atoms with van der Waals surface area (Å²) in [7, 11) is 0. The van der Waals surface area contributed by atoms with Crippen LogP contribution in [0.25, 0.3) is 0 Å². The number of hydrogen-bond donors (Lipinski definition) is 1. The molecule has 1 aliphatic heterocycles. The number of amides is 1. The molecule has 1 unspecified atom stereocenters. The third-order valence-electron chi connectivity index (χ3n) is 3.11. The Kier molecular flexibility index (Phi) is 4.61. The van der Waals surface area contributed by atoms with E-state index in [4.69, 9.17) is 0 Å². The summed E-state index contributed by atoms with van der Waals surface area (Å²) in [5, 5.41) is 3.29. The lowest BCUT2D eigenvalue weighted by molar-refractivity contribution is -0.128. The highest BCUT2D eigenvalue weighted by Crippen LogP contribution is 2.25. The van der Waals surface area contributed by atoms with Gasteiger partial charge in [0.1, 0.15) is 0 Å². The summed E-state index contributed by atoms with van der Waals surface area (Å²) in [5.41, 5.74) is 1.33. The van der Waals surface area contributed by atoms with Gasteiger partial charge in [-0.2, -0.15) is 0 Å². The highest BCUT2D eigenvalue weighted by molar-refractivity contribution is 5.88. The lowest BCUT2D eigenvalue weighted by Gasteiger charge is -2.33. The van der Waals surface area contributed by atoms with Gasteiger partial charge in [0.05, 0.1) is 0 Å². The molecule has 1 atom stereocenters. The SMILES string of the molecule is CC1CNCCN1C(=O)C=C1CCC1.Cl. The summed E-state index contributed by atoms with van der Waals surface area (Å²) in [6.07, 6.45) is 5.37. The zero-order chi connectivity index (χ0) is 9.97. The van der Waals surface area contributed by atoms with Crippen molar-refractivity contribution in [1.82, 2.24) is 10.2 Å². The second-order valence-corrected chi connectivity index (χ2v) is 4.24. The van der Waals surface area contributed by atoms with Crippen molar-refractivity contribution in [3.63, 3.8) is 0 Å². The minimum absolute atomic E-state index is 0. The van der Waals surface area contributed by atoms with E-state index in [2.05, 4.69) is 12.2 Å². The van der Waals surface area contributed by atoms with Gasteiger partial charge >= 0.3 is 0 Å². The van der Waals surface area contributed by atoms with Crippen molar-refractivity contribution >= 4 is 18.3 Å². The summed E-state index contributed by atoms with van der Waals surface area (Å²) in [6, 6.07) is 0.341. The van der Waals surface area contributed by atoms with Gasteiger partial charge in [-0.05, 0) is 26.2 Å². The van der Waals surface area contributed by atoms with Crippen LogP contribution < -0.4 is 5.32 Å². The van der Waals surface area contributed by atoms with Gasteiger partial charge in [0, 0.05) is 31.8 Å². The maximum Gasteiger partial charge on any atom is 0.246 e. The quantitative estimate of drug-likeness (QED) is 0.690. The maximum absolute atomic E-state index is 11.8. The van der Waals surface area contributed by atoms with Gasteiger partial charge in [0.2, 0.25) is 5.91 Å². The Morgan fingerprint density at radius 1 is 1.53 bits per heavy atom. The molecule has 2 rings (SSSR count). The second-order valence-electron chi connectivity index (χ2n) is 4.24. The van der Waals surface area contributed by atoms with E-state index in [1.807, 2.05) is 11.0 Å². The molecule has 4 heteroatoms. The number of hydrogen-bond acceptors (Lipinski definition) is 2. The standard InChI is InChI=1S/C11H18N2O.ClH/c1-9-8-12-5-6-13(9)11(14)7-10-3-2-4-10;/h7,9,12H,2-6,8H2,1H3;1H. The molecule has 1 amide bonds. The average Bonchev–Trinajstić information content (AvgIpc) is 2.12. The fourth-order valence-corrected chi connectivity index (χ4v) is 1.95. The average molecular weight is 231 g/mol. The number of nitrogens with one attached hydrogen (secondary N) is 1. The molecule has 86 valence electrons. The summed E-state index contributed by atoms with van der Waals surface area (Å²) in [6.45, 7) is 4.81. The highest BCUT2D eigenvalue weighted by Gasteiger charge is 2.22. The molecule has 0 radical (unpaired) electrons. The molecule has 15 heavy (non-hydrogen) atoms. The molecule has 0 aromatic heterocycles. The van der Waals surface area contributed by atoms with E-state index in [1.54, 1.807) is 0 Å². The molecule has 1 heterocycles. The first kappa shape index (κ1) is 12.5. The summed E-state index contributed by atoms with van der Waals surface area (Å²) in [4.78, 5) is 13.8. The van der Waals surface area contributed by atoms with Crippen molar-refractivity contribution in [3.05, 3.63) is 11.6 Å². The van der Waals surface area contributed by atoms with Gasteiger partial charge in [-0.25, -0.2) is 0 Å². The minimum Gasteiger partial charge on any atom is -0.334 e. The Bertz CT molecular complexity index is 259. The fraction of sp³-hybridized carbons (Fsp3) is 0.727. The summed E-state index contributed by atoms with van der Waals surface area (Å²) < 4.78 is 0. The van der Waals surface area contributed by atoms with Crippen LogP contribution in [0.15, 0.2) is 11.6 Å². The van der Waals surface area contributed by atoms with Crippen molar-refractivity contribution in [2.75, 3.05) is 19.6 Å². The van der Waals surface area contributed by atoms with Crippen molar-refractivity contribution in [3.8, 4) is 0 Å². The van der Waals surface area contributed by atoms with Crippen molar-refractivity contribution in [1.29, 1.82) is 0 Å². The number of carbonyl (C=O) groups excluding carboxylic acids is 1. The van der Waals surface area contributed by atoms with Crippen LogP contribution >= 0.6 is 12.4 Å². The monoisotopic (exact) mass is 230 g/mol. The molecule has 2 aliphatic rings. The van der Waals surface area contributed by atoms with E-state index < -0.39 is 0 Å². The molecular weight excluding hydrogens is 212 g/mol. The Morgan fingerprint density at radius 2 is 2.27 bits per heavy atom. The third-order valence-corrected chi connectivity index (χ3v) is 3.11. The Balaban J connectivity index is 0.00000112. The predicted octanol–water partition coefficient (Wildman–Crippen LogP) is 1.34. The number of allylic oxidation sites excluding steroid dienone is 1. The summed E-state index contributed by atoms with van der Waals surface area (Å²) >= 11 is 0. The topological polar surface area (TPSA) is 32.3 Å². The van der Waals surface area contributed by atoms with Gasteiger partial charge < -0.3 is 10.2 Å². The van der Waals surface area contributed by atoms with Crippen LogP contribution in [0.2, 0.25) is 0 Å². The highest BCUT2D eigenvalue weighted by atomic mass is 35.5. The van der Waals surface area contributed by atoms with Crippen LogP contribution in [0.1, 0.15) is 26.2 Å². The molecule has 1 saturated heterocycles. The number of carbonyl (C=O) groups is 1. The van der Waals surface area contributed by atoms with Gasteiger partial charge in [-0.15, -0.1) is 12.4 Å². The van der Waals surface area contributed by atoms with Gasteiger partial charge in [-0.3, -0.25) is 4.79 Å². The van der Waals surface area contributed by atoms with E-state index in [1.165, 1.54) is 12.0 Å². The zero-order valence-corrected chi connectivity index (χ0v) is 9.98. The van der Waals surface area contributed by atoms with Crippen molar-refractivity contribution in [2.45, 2.75) is 32.2 Å². The molecular formula is C11H19ClN2O. The van der Waals surface area contributed by atoms with Gasteiger partial charge in [0.25, 0.3) is 0 Å². The first-order chi connectivity index (χ1) is 6.77. The molecule has 0 aromatic carbocycles. The van der Waals surface area contributed by atoms with Gasteiger partial charge in [-0.1, -0.05) is 5.57 Å². The molecule has 2 fully saturated rings. The number of rotatable bonds is 1. The number of nitrogens with zero attached hydrogens (tertiary/aromatic N) is 1. The van der Waals surface area contributed by atoms with E-state index in [0.29, 0.717) is 6.04 Å². The van der Waals surface area contributed by atoms with E-state index >= 15 is 0 Å². The molecule has 1 saturated carbocycles. The lowest BCUT2D eigenvalue weighted by atomic mass is 9.92. The van der Waals surface area contributed by atoms with Crippen molar-refractivity contribution < 1.29 is 4.79 Å². The molecule has 3 nitrogen and oxygen atoms in total. The number of halogens is 1. The molecule has 0 spiro atoms. The van der Waals surface area contributed by atoms with Crippen LogP contribution in [-0.2, 0) is 4.79 Å². The third kappa shape index (κ3) is 2.95. The van der Waals surface area contributed by atoms with Crippen molar-refractivity contribution in [2.24, 2.45) is 0 Å². The first-order valence-corrected chi connectivity index (χ1v) is 5.48. The maximum atomic E-state index is 11.8. The number of piperazine rings is 1. The Hall–Kier alpha value is -0.540. The second kappa shape index (κ2) is 5.52. The van der Waals surface area contributed by atoms with E-state index in [9.17, 15) is 4.79 Å². The van der Waals surface area contributed by atoms with Crippen LogP contribution in [-0.4, -0.2) is 36.5 Å². The Labute approximate surface area is 97.3 Å². The smallest absolute Gasteiger partial charge is 0.246 e. The van der Waals surface area contributed by atoms with Crippen LogP contribution in [0, 0.1) is 0 Å². The predicted molar refractivity (Wildman–Crippen MR) is 63.2 cm³/mol. The van der Waals surface area contributed by atoms with E-state index in [0.717, 1.165) is 32.5 Å². The molecule has 0 aromatic rings. The molecule has 1 N–H and O–H groups in total. The van der Waals surface area contributed by atoms with Crippen LogP contribution in [0.5, 0.6) is 0 Å². The largest absolute Gasteiger partial charge is 0.334 e. The minimum atomic E-state index is 0. The van der Waals surface area contributed by atoms with Crippen LogP contribution in [0.4, 0.5) is 0 Å². The lowest BCUT2D eigenvalue weighted by Crippen LogP contribution is -2.51. The Morgan fingerprint density at radius 3 is 2.80 bits per heavy atom.